The summed E-state index contributed by atoms with van der Waals surface area (Å²) in [4.78, 5) is 42.6. The summed E-state index contributed by atoms with van der Waals surface area (Å²) in [6.07, 6.45) is 1.83. The van der Waals surface area contributed by atoms with Gasteiger partial charge in [-0.2, -0.15) is 0 Å². The number of nitrogens with zero attached hydrogens (tertiary/aromatic N) is 3. The van der Waals surface area contributed by atoms with Gasteiger partial charge in [0, 0.05) is 50.7 Å². The second-order valence-corrected chi connectivity index (χ2v) is 8.30. The number of urea groups is 1. The van der Waals surface area contributed by atoms with Crippen LogP contribution in [-0.4, -0.2) is 76.8 Å². The topological polar surface area (TPSA) is 73.0 Å². The summed E-state index contributed by atoms with van der Waals surface area (Å²) >= 11 is 0. The van der Waals surface area contributed by atoms with Crippen LogP contribution in [0.4, 0.5) is 4.79 Å². The average molecular weight is 367 g/mol. The maximum Gasteiger partial charge on any atom is 0.319 e. The summed E-state index contributed by atoms with van der Waals surface area (Å²) in [5, 5.41) is 3.10. The van der Waals surface area contributed by atoms with E-state index in [-0.39, 0.29) is 35.3 Å². The van der Waals surface area contributed by atoms with E-state index in [9.17, 15) is 14.4 Å². The molecule has 26 heavy (non-hydrogen) atoms. The summed E-state index contributed by atoms with van der Waals surface area (Å²) < 4.78 is 0. The Balaban J connectivity index is 1.82. The summed E-state index contributed by atoms with van der Waals surface area (Å²) in [6.45, 7) is 13.2. The molecule has 0 aromatic heterocycles. The van der Waals surface area contributed by atoms with Crippen molar-refractivity contribution in [3.8, 4) is 0 Å². The molecule has 1 unspecified atom stereocenters. The molecule has 4 amide bonds. The molecule has 0 saturated carbocycles. The number of piperidine rings is 1. The van der Waals surface area contributed by atoms with Gasteiger partial charge in [0.2, 0.25) is 11.8 Å². The lowest BCUT2D eigenvalue weighted by atomic mass is 10.0. The van der Waals surface area contributed by atoms with E-state index in [0.717, 1.165) is 12.8 Å². The van der Waals surface area contributed by atoms with Gasteiger partial charge >= 0.3 is 6.03 Å². The lowest BCUT2D eigenvalue weighted by Gasteiger charge is -2.35. The van der Waals surface area contributed by atoms with E-state index < -0.39 is 0 Å². The van der Waals surface area contributed by atoms with Crippen LogP contribution in [0.15, 0.2) is 0 Å². The summed E-state index contributed by atoms with van der Waals surface area (Å²) in [7, 11) is 0. The van der Waals surface area contributed by atoms with Gasteiger partial charge in [-0.25, -0.2) is 4.79 Å². The van der Waals surface area contributed by atoms with Gasteiger partial charge in [0.15, 0.2) is 0 Å². The Kier molecular flexibility index (Phi) is 6.53. The Labute approximate surface area is 157 Å². The highest BCUT2D eigenvalue weighted by molar-refractivity contribution is 5.89. The van der Waals surface area contributed by atoms with Gasteiger partial charge in [-0.1, -0.05) is 0 Å². The van der Waals surface area contributed by atoms with E-state index in [1.807, 2.05) is 44.4 Å². The minimum Gasteiger partial charge on any atom is -0.353 e. The summed E-state index contributed by atoms with van der Waals surface area (Å²) in [5.74, 6) is -0.243. The molecule has 148 valence electrons. The second kappa shape index (κ2) is 8.27. The van der Waals surface area contributed by atoms with E-state index in [1.54, 1.807) is 4.90 Å². The number of hydrogen-bond donors (Lipinski definition) is 1. The number of carbonyl (C=O) groups is 3. The van der Waals surface area contributed by atoms with Crippen LogP contribution >= 0.6 is 0 Å². The molecule has 1 N–H and O–H groups in total. The number of hydrogen-bond acceptors (Lipinski definition) is 3. The number of carbonyl (C=O) groups excluding carboxylic acids is 3. The first-order chi connectivity index (χ1) is 12.2. The van der Waals surface area contributed by atoms with E-state index in [1.165, 1.54) is 0 Å². The van der Waals surface area contributed by atoms with Crippen LogP contribution in [0, 0.1) is 5.92 Å². The molecule has 0 aromatic carbocycles. The summed E-state index contributed by atoms with van der Waals surface area (Å²) in [6, 6.07) is 0.170. The quantitative estimate of drug-likeness (QED) is 0.823. The zero-order valence-corrected chi connectivity index (χ0v) is 16.9. The number of rotatable bonds is 4. The van der Waals surface area contributed by atoms with E-state index in [0.29, 0.717) is 39.1 Å². The lowest BCUT2D eigenvalue weighted by molar-refractivity contribution is -0.132. The molecule has 0 aliphatic carbocycles. The van der Waals surface area contributed by atoms with Crippen molar-refractivity contribution < 1.29 is 14.4 Å². The highest BCUT2D eigenvalue weighted by Crippen LogP contribution is 2.26. The third-order valence-electron chi connectivity index (χ3n) is 5.45. The van der Waals surface area contributed by atoms with Crippen molar-refractivity contribution in [2.75, 3.05) is 32.7 Å². The summed E-state index contributed by atoms with van der Waals surface area (Å²) in [5.41, 5.74) is -0.248. The molecule has 2 aliphatic rings. The van der Waals surface area contributed by atoms with Gasteiger partial charge < -0.3 is 20.0 Å². The molecular formula is C19H34N4O3. The van der Waals surface area contributed by atoms with E-state index in [2.05, 4.69) is 5.32 Å². The predicted octanol–water partition coefficient (Wildman–Crippen LogP) is 1.68. The van der Waals surface area contributed by atoms with Crippen LogP contribution in [0.25, 0.3) is 0 Å². The maximum absolute atomic E-state index is 12.6. The fourth-order valence-electron chi connectivity index (χ4n) is 3.76. The standard InChI is InChI=1S/C19H34N4O3/c1-6-21(7-2)18(26)22-10-8-15(9-11-22)20-17(25)14-12-16(24)23(13-14)19(3,4)5/h14-15H,6-13H2,1-5H3,(H,20,25). The lowest BCUT2D eigenvalue weighted by Crippen LogP contribution is -2.51. The smallest absolute Gasteiger partial charge is 0.319 e. The van der Waals surface area contributed by atoms with Crippen LogP contribution in [0.1, 0.15) is 53.9 Å². The number of amides is 4. The van der Waals surface area contributed by atoms with Crippen molar-refractivity contribution in [2.45, 2.75) is 65.5 Å². The molecule has 2 rings (SSSR count). The monoisotopic (exact) mass is 366 g/mol. The Morgan fingerprint density at radius 3 is 2.19 bits per heavy atom. The van der Waals surface area contributed by atoms with E-state index in [4.69, 9.17) is 0 Å². The van der Waals surface area contributed by atoms with Crippen LogP contribution in [0.3, 0.4) is 0 Å². The molecule has 0 bridgehead atoms. The molecule has 1 atom stereocenters. The van der Waals surface area contributed by atoms with Gasteiger partial charge in [-0.05, 0) is 47.5 Å². The van der Waals surface area contributed by atoms with Crippen molar-refractivity contribution in [1.82, 2.24) is 20.0 Å². The third-order valence-corrected chi connectivity index (χ3v) is 5.45. The van der Waals surface area contributed by atoms with Crippen LogP contribution in [0.2, 0.25) is 0 Å². The molecule has 2 heterocycles. The number of nitrogens with one attached hydrogen (secondary N) is 1. The minimum atomic E-state index is -0.267. The van der Waals surface area contributed by atoms with Gasteiger partial charge in [-0.3, -0.25) is 9.59 Å². The molecule has 2 aliphatic heterocycles. The van der Waals surface area contributed by atoms with E-state index >= 15 is 0 Å². The number of likely N-dealkylation sites (tertiary alicyclic amines) is 2. The molecule has 7 heteroatoms. The minimum absolute atomic E-state index is 0.0291. The van der Waals surface area contributed by atoms with Gasteiger partial charge in [0.05, 0.1) is 5.92 Å². The second-order valence-electron chi connectivity index (χ2n) is 8.30. The van der Waals surface area contributed by atoms with Gasteiger partial charge in [-0.15, -0.1) is 0 Å². The molecular weight excluding hydrogens is 332 g/mol. The van der Waals surface area contributed by atoms with Crippen molar-refractivity contribution in [3.05, 3.63) is 0 Å². The first-order valence-corrected chi connectivity index (χ1v) is 9.82. The fourth-order valence-corrected chi connectivity index (χ4v) is 3.76. The Morgan fingerprint density at radius 1 is 1.15 bits per heavy atom. The molecule has 0 spiro atoms. The van der Waals surface area contributed by atoms with Gasteiger partial charge in [0.1, 0.15) is 0 Å². The highest BCUT2D eigenvalue weighted by atomic mass is 16.2. The fraction of sp³-hybridized carbons (Fsp3) is 0.842. The first-order valence-electron chi connectivity index (χ1n) is 9.82. The Morgan fingerprint density at radius 2 is 1.73 bits per heavy atom. The predicted molar refractivity (Wildman–Crippen MR) is 101 cm³/mol. The molecule has 7 nitrogen and oxygen atoms in total. The van der Waals surface area contributed by atoms with Crippen LogP contribution in [0.5, 0.6) is 0 Å². The average Bonchev–Trinajstić information content (AvgIpc) is 2.99. The zero-order chi connectivity index (χ0) is 19.5. The third kappa shape index (κ3) is 4.68. The van der Waals surface area contributed by atoms with Crippen LogP contribution in [-0.2, 0) is 9.59 Å². The Bertz CT molecular complexity index is 531. The molecule has 2 saturated heterocycles. The first kappa shape index (κ1) is 20.5. The zero-order valence-electron chi connectivity index (χ0n) is 16.9. The van der Waals surface area contributed by atoms with Crippen molar-refractivity contribution in [2.24, 2.45) is 5.92 Å². The van der Waals surface area contributed by atoms with Crippen molar-refractivity contribution >= 4 is 17.8 Å². The highest BCUT2D eigenvalue weighted by Gasteiger charge is 2.40. The molecule has 2 fully saturated rings. The SMILES string of the molecule is CCN(CC)C(=O)N1CCC(NC(=O)C2CC(=O)N(C(C)(C)C)C2)CC1. The van der Waals surface area contributed by atoms with Crippen molar-refractivity contribution in [1.29, 1.82) is 0 Å². The van der Waals surface area contributed by atoms with Gasteiger partial charge in [0.25, 0.3) is 0 Å². The molecule has 0 radical (unpaired) electrons. The maximum atomic E-state index is 12.6. The molecule has 0 aromatic rings. The van der Waals surface area contributed by atoms with Crippen molar-refractivity contribution in [3.63, 3.8) is 0 Å². The largest absolute Gasteiger partial charge is 0.353 e. The Hall–Kier alpha value is -1.79. The normalized spacial score (nSPS) is 21.9. The van der Waals surface area contributed by atoms with Crippen LogP contribution < -0.4 is 5.32 Å².